The minimum Gasteiger partial charge on any atom is -0.352 e. The topological polar surface area (TPSA) is 86.8 Å². The molecule has 0 aliphatic rings. The van der Waals surface area contributed by atoms with Crippen LogP contribution >= 0.6 is 23.2 Å². The van der Waals surface area contributed by atoms with E-state index in [9.17, 15) is 18.0 Å². The van der Waals surface area contributed by atoms with Crippen molar-refractivity contribution in [3.63, 3.8) is 0 Å². The molecule has 0 saturated heterocycles. The van der Waals surface area contributed by atoms with Crippen molar-refractivity contribution in [1.82, 2.24) is 14.5 Å². The molecule has 1 N–H and O–H groups in total. The molecule has 0 bridgehead atoms. The van der Waals surface area contributed by atoms with Gasteiger partial charge in [-0.15, -0.1) is 0 Å². The Morgan fingerprint density at radius 1 is 1.03 bits per heavy atom. The number of nitrogens with zero attached hydrogens (tertiary/aromatic N) is 2. The minimum absolute atomic E-state index is 0.0686. The quantitative estimate of drug-likeness (QED) is 0.470. The Labute approximate surface area is 212 Å². The first-order chi connectivity index (χ1) is 15.9. The lowest BCUT2D eigenvalue weighted by Crippen LogP contribution is -2.49. The summed E-state index contributed by atoms with van der Waals surface area (Å²) in [6, 6.07) is 12.3. The summed E-state index contributed by atoms with van der Waals surface area (Å²) in [5.74, 6) is -0.555. The molecule has 0 aliphatic carbocycles. The van der Waals surface area contributed by atoms with E-state index in [-0.39, 0.29) is 42.3 Å². The van der Waals surface area contributed by atoms with Crippen LogP contribution in [-0.4, -0.2) is 55.1 Å². The molecule has 0 fully saturated rings. The van der Waals surface area contributed by atoms with Crippen molar-refractivity contribution < 1.29 is 18.0 Å². The van der Waals surface area contributed by atoms with Gasteiger partial charge in [0.05, 0.1) is 4.90 Å². The summed E-state index contributed by atoms with van der Waals surface area (Å²) in [5.41, 5.74) is 0.660. The van der Waals surface area contributed by atoms with E-state index in [0.29, 0.717) is 22.0 Å². The van der Waals surface area contributed by atoms with Gasteiger partial charge in [-0.25, -0.2) is 12.7 Å². The molecule has 34 heavy (non-hydrogen) atoms. The predicted molar refractivity (Wildman–Crippen MR) is 135 cm³/mol. The number of benzene rings is 2. The summed E-state index contributed by atoms with van der Waals surface area (Å²) in [6.07, 6.45) is 0.365. The molecule has 2 aromatic rings. The molecule has 0 saturated carbocycles. The van der Waals surface area contributed by atoms with Crippen LogP contribution in [0.15, 0.2) is 53.4 Å². The van der Waals surface area contributed by atoms with Gasteiger partial charge in [0.1, 0.15) is 6.04 Å². The first-order valence-electron chi connectivity index (χ1n) is 11.0. The number of halogens is 2. The number of amides is 2. The average molecular weight is 529 g/mol. The van der Waals surface area contributed by atoms with Crippen LogP contribution in [0.4, 0.5) is 0 Å². The fraction of sp³-hybridized carbons (Fsp3) is 0.417. The largest absolute Gasteiger partial charge is 0.352 e. The predicted octanol–water partition coefficient (Wildman–Crippen LogP) is 4.34. The van der Waals surface area contributed by atoms with Gasteiger partial charge in [-0.1, -0.05) is 47.5 Å². The molecule has 7 nitrogen and oxygen atoms in total. The molecule has 186 valence electrons. The summed E-state index contributed by atoms with van der Waals surface area (Å²) in [5, 5.41) is 3.70. The summed E-state index contributed by atoms with van der Waals surface area (Å²) in [6.45, 7) is 5.63. The fourth-order valence-electron chi connectivity index (χ4n) is 3.31. The normalized spacial score (nSPS) is 12.6. The summed E-state index contributed by atoms with van der Waals surface area (Å²) in [7, 11) is -2.16. The summed E-state index contributed by atoms with van der Waals surface area (Å²) < 4.78 is 26.6. The van der Waals surface area contributed by atoms with Crippen LogP contribution in [0.1, 0.15) is 39.2 Å². The molecule has 2 aromatic carbocycles. The van der Waals surface area contributed by atoms with E-state index in [1.807, 2.05) is 13.8 Å². The second-order valence-corrected chi connectivity index (χ2v) is 11.2. The monoisotopic (exact) mass is 527 g/mol. The Kier molecular flexibility index (Phi) is 10.4. The molecule has 0 aromatic heterocycles. The van der Waals surface area contributed by atoms with Gasteiger partial charge in [-0.05, 0) is 57.0 Å². The number of hydrogen-bond donors (Lipinski definition) is 1. The van der Waals surface area contributed by atoms with Crippen LogP contribution < -0.4 is 5.32 Å². The third kappa shape index (κ3) is 7.70. The van der Waals surface area contributed by atoms with Crippen molar-refractivity contribution in [3.8, 4) is 0 Å². The van der Waals surface area contributed by atoms with E-state index < -0.39 is 16.1 Å². The van der Waals surface area contributed by atoms with Crippen molar-refractivity contribution in [3.05, 3.63) is 64.1 Å². The van der Waals surface area contributed by atoms with Crippen molar-refractivity contribution in [2.24, 2.45) is 0 Å². The number of carbonyl (C=O) groups is 2. The third-order valence-electron chi connectivity index (χ3n) is 5.27. The van der Waals surface area contributed by atoms with Crippen molar-refractivity contribution >= 4 is 45.0 Å². The molecule has 10 heteroatoms. The van der Waals surface area contributed by atoms with Crippen LogP contribution in [-0.2, 0) is 26.2 Å². The standard InChI is InChI=1S/C24H31Cl2N3O4S/c1-17(2)27-24(31)18(3)29(16-19-12-13-20(25)15-22(19)26)23(30)11-8-14-28(4)34(32,33)21-9-6-5-7-10-21/h5-7,9-10,12-13,15,17-18H,8,11,14,16H2,1-4H3,(H,27,31). The highest BCUT2D eigenvalue weighted by Gasteiger charge is 2.27. The zero-order valence-electron chi connectivity index (χ0n) is 19.8. The lowest BCUT2D eigenvalue weighted by molar-refractivity contribution is -0.140. The molecule has 0 aliphatic heterocycles. The SMILES string of the molecule is CC(C)NC(=O)C(C)N(Cc1ccc(Cl)cc1Cl)C(=O)CCCN(C)S(=O)(=O)c1ccccc1. The van der Waals surface area contributed by atoms with Gasteiger partial charge in [0.25, 0.3) is 0 Å². The highest BCUT2D eigenvalue weighted by molar-refractivity contribution is 7.89. The third-order valence-corrected chi connectivity index (χ3v) is 7.73. The van der Waals surface area contributed by atoms with E-state index in [4.69, 9.17) is 23.2 Å². The molecule has 2 amide bonds. The summed E-state index contributed by atoms with van der Waals surface area (Å²) in [4.78, 5) is 27.5. The van der Waals surface area contributed by atoms with Crippen molar-refractivity contribution in [2.75, 3.05) is 13.6 Å². The summed E-state index contributed by atoms with van der Waals surface area (Å²) >= 11 is 12.3. The number of sulfonamides is 1. The van der Waals surface area contributed by atoms with E-state index in [1.54, 1.807) is 43.3 Å². The van der Waals surface area contributed by atoms with E-state index in [0.717, 1.165) is 0 Å². The maximum absolute atomic E-state index is 13.2. The van der Waals surface area contributed by atoms with Gasteiger partial charge in [0.2, 0.25) is 21.8 Å². The van der Waals surface area contributed by atoms with Gasteiger partial charge in [0, 0.05) is 42.6 Å². The van der Waals surface area contributed by atoms with E-state index in [2.05, 4.69) is 5.32 Å². The molecule has 1 atom stereocenters. The number of nitrogens with one attached hydrogen (secondary N) is 1. The Hall–Kier alpha value is -2.13. The highest BCUT2D eigenvalue weighted by Crippen LogP contribution is 2.24. The zero-order chi connectivity index (χ0) is 25.5. The van der Waals surface area contributed by atoms with Gasteiger partial charge < -0.3 is 10.2 Å². The second kappa shape index (κ2) is 12.5. The van der Waals surface area contributed by atoms with Crippen LogP contribution in [0.2, 0.25) is 10.0 Å². The molecule has 1 unspecified atom stereocenters. The van der Waals surface area contributed by atoms with Gasteiger partial charge in [-0.2, -0.15) is 0 Å². The van der Waals surface area contributed by atoms with Gasteiger partial charge in [-0.3, -0.25) is 9.59 Å². The smallest absolute Gasteiger partial charge is 0.242 e. The maximum atomic E-state index is 13.2. The average Bonchev–Trinajstić information content (AvgIpc) is 2.78. The van der Waals surface area contributed by atoms with E-state index in [1.165, 1.54) is 28.4 Å². The number of hydrogen-bond acceptors (Lipinski definition) is 4. The van der Waals surface area contributed by atoms with Crippen LogP contribution in [0.3, 0.4) is 0 Å². The first-order valence-corrected chi connectivity index (χ1v) is 13.2. The number of carbonyl (C=O) groups excluding carboxylic acids is 2. The van der Waals surface area contributed by atoms with Crippen LogP contribution in [0.5, 0.6) is 0 Å². The maximum Gasteiger partial charge on any atom is 0.242 e. The second-order valence-electron chi connectivity index (χ2n) is 8.34. The van der Waals surface area contributed by atoms with Crippen LogP contribution in [0.25, 0.3) is 0 Å². The molecule has 0 spiro atoms. The minimum atomic E-state index is -3.64. The lowest BCUT2D eigenvalue weighted by atomic mass is 10.1. The number of rotatable bonds is 11. The van der Waals surface area contributed by atoms with Crippen molar-refractivity contribution in [2.45, 2.75) is 57.1 Å². The fourth-order valence-corrected chi connectivity index (χ4v) is 5.01. The molecule has 2 rings (SSSR count). The zero-order valence-corrected chi connectivity index (χ0v) is 22.1. The van der Waals surface area contributed by atoms with Gasteiger partial charge in [0.15, 0.2) is 0 Å². The lowest BCUT2D eigenvalue weighted by Gasteiger charge is -2.30. The Bertz CT molecular complexity index is 1090. The molecule has 0 heterocycles. The Morgan fingerprint density at radius 2 is 1.68 bits per heavy atom. The Morgan fingerprint density at radius 3 is 2.26 bits per heavy atom. The van der Waals surface area contributed by atoms with Gasteiger partial charge >= 0.3 is 0 Å². The molecule has 0 radical (unpaired) electrons. The first kappa shape index (κ1) is 28.1. The Balaban J connectivity index is 2.12. The van der Waals surface area contributed by atoms with Crippen molar-refractivity contribution in [1.29, 1.82) is 0 Å². The molecular formula is C24H31Cl2N3O4S. The van der Waals surface area contributed by atoms with Crippen LogP contribution in [0, 0.1) is 0 Å². The molecular weight excluding hydrogens is 497 g/mol. The van der Waals surface area contributed by atoms with E-state index >= 15 is 0 Å². The highest BCUT2D eigenvalue weighted by atomic mass is 35.5.